The van der Waals surface area contributed by atoms with Crippen molar-refractivity contribution in [3.63, 3.8) is 0 Å². The van der Waals surface area contributed by atoms with E-state index >= 15 is 0 Å². The van der Waals surface area contributed by atoms with Gasteiger partial charge < -0.3 is 16.0 Å². The van der Waals surface area contributed by atoms with Crippen LogP contribution in [-0.2, 0) is 16.0 Å². The first kappa shape index (κ1) is 20.8. The molecule has 1 heterocycles. The lowest BCUT2D eigenvalue weighted by atomic mass is 9.96. The number of nitrogens with one attached hydrogen (secondary N) is 3. The van der Waals surface area contributed by atoms with E-state index in [1.165, 1.54) is 49.9 Å². The molecule has 26 heavy (non-hydrogen) atoms. The minimum Gasteiger partial charge on any atom is -0.354 e. The maximum absolute atomic E-state index is 12.0. The molecule has 7 heteroatoms. The van der Waals surface area contributed by atoms with Gasteiger partial charge in [0, 0.05) is 29.9 Å². The minimum absolute atomic E-state index is 0.0355. The Kier molecular flexibility index (Phi) is 8.03. The highest BCUT2D eigenvalue weighted by Crippen LogP contribution is 2.20. The van der Waals surface area contributed by atoms with E-state index in [0.29, 0.717) is 23.4 Å². The summed E-state index contributed by atoms with van der Waals surface area (Å²) in [7, 11) is 0. The van der Waals surface area contributed by atoms with Gasteiger partial charge in [-0.2, -0.15) is 0 Å². The topological polar surface area (TPSA) is 83.1 Å². The van der Waals surface area contributed by atoms with E-state index in [1.54, 1.807) is 0 Å². The van der Waals surface area contributed by atoms with Gasteiger partial charge >= 0.3 is 0 Å². The zero-order valence-corrected chi connectivity index (χ0v) is 17.0. The molecule has 1 aliphatic carbocycles. The molecule has 1 saturated carbocycles. The zero-order chi connectivity index (χ0) is 19.0. The van der Waals surface area contributed by atoms with Crippen LogP contribution in [0.1, 0.15) is 65.0 Å². The average molecular weight is 381 g/mol. The van der Waals surface area contributed by atoms with Crippen LogP contribution < -0.4 is 16.0 Å². The fraction of sp³-hybridized carbons (Fsp3) is 0.737. The second-order valence-electron chi connectivity index (χ2n) is 8.02. The Balaban J connectivity index is 1.65. The molecule has 1 aliphatic rings. The molecule has 0 aliphatic heterocycles. The van der Waals surface area contributed by atoms with Gasteiger partial charge in [-0.3, -0.25) is 9.59 Å². The van der Waals surface area contributed by atoms with Gasteiger partial charge in [0.25, 0.3) is 0 Å². The fourth-order valence-electron chi connectivity index (χ4n) is 2.92. The normalized spacial score (nSPS) is 16.1. The van der Waals surface area contributed by atoms with Gasteiger partial charge in [-0.1, -0.05) is 46.5 Å². The van der Waals surface area contributed by atoms with Crippen molar-refractivity contribution in [2.24, 2.45) is 5.41 Å². The molecule has 146 valence electrons. The van der Waals surface area contributed by atoms with Crippen molar-refractivity contribution in [2.75, 3.05) is 18.4 Å². The smallest absolute Gasteiger partial charge is 0.231 e. The van der Waals surface area contributed by atoms with Crippen LogP contribution in [0.2, 0.25) is 0 Å². The molecule has 1 aromatic heterocycles. The summed E-state index contributed by atoms with van der Waals surface area (Å²) >= 11 is 1.35. The van der Waals surface area contributed by atoms with Crippen LogP contribution in [-0.4, -0.2) is 35.9 Å². The summed E-state index contributed by atoms with van der Waals surface area (Å²) in [5, 5.41) is 11.6. The number of aromatic nitrogens is 1. The van der Waals surface area contributed by atoms with Gasteiger partial charge in [0.2, 0.25) is 11.8 Å². The van der Waals surface area contributed by atoms with Crippen LogP contribution in [0.5, 0.6) is 0 Å². The van der Waals surface area contributed by atoms with Crippen LogP contribution in [0.15, 0.2) is 5.38 Å². The monoisotopic (exact) mass is 380 g/mol. The van der Waals surface area contributed by atoms with E-state index in [-0.39, 0.29) is 18.2 Å². The van der Waals surface area contributed by atoms with Crippen LogP contribution >= 0.6 is 11.3 Å². The third-order valence-electron chi connectivity index (χ3n) is 4.53. The number of amides is 2. The molecular weight excluding hydrogens is 348 g/mol. The Morgan fingerprint density at radius 3 is 2.50 bits per heavy atom. The number of thiazole rings is 1. The first-order valence-electron chi connectivity index (χ1n) is 9.60. The van der Waals surface area contributed by atoms with Gasteiger partial charge in [-0.15, -0.1) is 11.3 Å². The summed E-state index contributed by atoms with van der Waals surface area (Å²) in [6.07, 6.45) is 8.04. The lowest BCUT2D eigenvalue weighted by Crippen LogP contribution is -2.37. The number of nitrogens with zero attached hydrogens (tertiary/aromatic N) is 1. The third kappa shape index (κ3) is 7.41. The minimum atomic E-state index is -0.465. The number of carbonyl (C=O) groups excluding carboxylic acids is 2. The van der Waals surface area contributed by atoms with E-state index in [4.69, 9.17) is 0 Å². The number of anilines is 1. The van der Waals surface area contributed by atoms with Crippen molar-refractivity contribution in [3.8, 4) is 0 Å². The molecule has 6 nitrogen and oxygen atoms in total. The van der Waals surface area contributed by atoms with E-state index in [2.05, 4.69) is 20.9 Å². The van der Waals surface area contributed by atoms with E-state index in [1.807, 2.05) is 26.2 Å². The zero-order valence-electron chi connectivity index (χ0n) is 16.2. The van der Waals surface area contributed by atoms with E-state index in [0.717, 1.165) is 6.54 Å². The first-order chi connectivity index (χ1) is 12.3. The molecule has 3 N–H and O–H groups in total. The van der Waals surface area contributed by atoms with Crippen LogP contribution in [0.25, 0.3) is 0 Å². The summed E-state index contributed by atoms with van der Waals surface area (Å²) in [5.74, 6) is -0.112. The predicted molar refractivity (Wildman–Crippen MR) is 106 cm³/mol. The number of carbonyl (C=O) groups is 2. The van der Waals surface area contributed by atoms with Gasteiger partial charge in [0.1, 0.15) is 0 Å². The first-order valence-corrected chi connectivity index (χ1v) is 10.5. The molecule has 0 unspecified atom stereocenters. The summed E-state index contributed by atoms with van der Waals surface area (Å²) in [4.78, 5) is 28.3. The Bertz CT molecular complexity index is 587. The lowest BCUT2D eigenvalue weighted by molar-refractivity contribution is -0.123. The van der Waals surface area contributed by atoms with Crippen LogP contribution in [0, 0.1) is 5.41 Å². The molecule has 0 saturated heterocycles. The quantitative estimate of drug-likeness (QED) is 0.501. The summed E-state index contributed by atoms with van der Waals surface area (Å²) in [5.41, 5.74) is 0.224. The van der Waals surface area contributed by atoms with E-state index < -0.39 is 5.41 Å². The Morgan fingerprint density at radius 2 is 1.85 bits per heavy atom. The third-order valence-corrected chi connectivity index (χ3v) is 5.34. The SMILES string of the molecule is CC(C)(C)C(=O)Nc1nc(CC(=O)NCCNC2CCCCCC2)cs1. The summed E-state index contributed by atoms with van der Waals surface area (Å²) in [6, 6.07) is 0.599. The van der Waals surface area contributed by atoms with Gasteiger partial charge in [0.15, 0.2) is 5.13 Å². The van der Waals surface area contributed by atoms with Crippen molar-refractivity contribution in [3.05, 3.63) is 11.1 Å². The Morgan fingerprint density at radius 1 is 1.15 bits per heavy atom. The van der Waals surface area contributed by atoms with Crippen molar-refractivity contribution in [1.82, 2.24) is 15.6 Å². The van der Waals surface area contributed by atoms with Crippen molar-refractivity contribution >= 4 is 28.3 Å². The molecule has 1 aromatic rings. The fourth-order valence-corrected chi connectivity index (χ4v) is 3.62. The highest BCUT2D eigenvalue weighted by Gasteiger charge is 2.22. The molecule has 2 rings (SSSR count). The summed E-state index contributed by atoms with van der Waals surface area (Å²) < 4.78 is 0. The number of rotatable bonds is 7. The number of hydrogen-bond acceptors (Lipinski definition) is 5. The molecule has 2 amide bonds. The summed E-state index contributed by atoms with van der Waals surface area (Å²) in [6.45, 7) is 7.00. The second kappa shape index (κ2) is 10.0. The molecule has 0 atom stereocenters. The molecule has 0 aromatic carbocycles. The Hall–Kier alpha value is -1.47. The Labute approximate surface area is 160 Å². The van der Waals surface area contributed by atoms with Gasteiger partial charge in [-0.05, 0) is 12.8 Å². The standard InChI is InChI=1S/C19H32N4O2S/c1-19(2,3)17(25)23-18-22-15(13-26-18)12-16(24)21-11-10-20-14-8-6-4-5-7-9-14/h13-14,20H,4-12H2,1-3H3,(H,21,24)(H,22,23,25). The van der Waals surface area contributed by atoms with Gasteiger partial charge in [0.05, 0.1) is 12.1 Å². The predicted octanol–water partition coefficient (Wildman–Crippen LogP) is 3.10. The highest BCUT2D eigenvalue weighted by atomic mass is 32.1. The maximum Gasteiger partial charge on any atom is 0.231 e. The molecule has 0 radical (unpaired) electrons. The van der Waals surface area contributed by atoms with Crippen molar-refractivity contribution in [1.29, 1.82) is 0 Å². The number of hydrogen-bond donors (Lipinski definition) is 3. The molecule has 0 bridgehead atoms. The molecule has 1 fully saturated rings. The second-order valence-corrected chi connectivity index (χ2v) is 8.88. The van der Waals surface area contributed by atoms with Crippen LogP contribution in [0.4, 0.5) is 5.13 Å². The maximum atomic E-state index is 12.0. The molecule has 0 spiro atoms. The van der Waals surface area contributed by atoms with Crippen molar-refractivity contribution in [2.45, 2.75) is 71.8 Å². The average Bonchev–Trinajstić information content (AvgIpc) is 2.83. The molecular formula is C19H32N4O2S. The van der Waals surface area contributed by atoms with Gasteiger partial charge in [-0.25, -0.2) is 4.98 Å². The van der Waals surface area contributed by atoms with Crippen LogP contribution in [0.3, 0.4) is 0 Å². The largest absolute Gasteiger partial charge is 0.354 e. The highest BCUT2D eigenvalue weighted by molar-refractivity contribution is 7.13. The lowest BCUT2D eigenvalue weighted by Gasteiger charge is -2.16. The van der Waals surface area contributed by atoms with Crippen molar-refractivity contribution < 1.29 is 9.59 Å². The van der Waals surface area contributed by atoms with E-state index in [9.17, 15) is 9.59 Å².